The maximum absolute atomic E-state index is 2.59. The van der Waals surface area contributed by atoms with Crippen LogP contribution in [0.3, 0.4) is 0 Å². The third-order valence-electron chi connectivity index (χ3n) is 12.0. The summed E-state index contributed by atoms with van der Waals surface area (Å²) >= 11 is 0. The molecule has 0 N–H and O–H groups in total. The molecular formula is C49H48N2. The topological polar surface area (TPSA) is 6.48 Å². The molecule has 0 bridgehead atoms. The van der Waals surface area contributed by atoms with Crippen molar-refractivity contribution >= 4 is 28.3 Å². The Morgan fingerprint density at radius 1 is 0.706 bits per heavy atom. The fourth-order valence-electron chi connectivity index (χ4n) is 9.16. The summed E-state index contributed by atoms with van der Waals surface area (Å²) in [6.45, 7) is 2.43. The molecule has 2 atom stereocenters. The standard InChI is InChI=1S/C49H48N2/c1-49-34-12-11-19-48(49)51(44-30-26-40(27-31-44)37-15-7-3-8-16-37)47-35-45(32-33-46(47)49)50(42-17-9-4-10-18-42)43-28-24-41(25-29-43)39-22-20-38(21-23-39)36-13-5-2-6-14-36/h3-4,7,9-13,15,17-20,22-26,28-30,32-33,35,38H,2,5-6,8,14,16,21,27,31,34H2,1H3. The van der Waals surface area contributed by atoms with Crippen LogP contribution in [0.1, 0.15) is 82.3 Å². The van der Waals surface area contributed by atoms with Gasteiger partial charge < -0.3 is 9.80 Å². The second-order valence-electron chi connectivity index (χ2n) is 15.2. The largest absolute Gasteiger partial charge is 0.317 e. The van der Waals surface area contributed by atoms with Gasteiger partial charge in [0.15, 0.2) is 0 Å². The molecule has 0 aromatic heterocycles. The summed E-state index contributed by atoms with van der Waals surface area (Å²) in [5.41, 5.74) is 16.2. The quantitative estimate of drug-likeness (QED) is 0.232. The molecule has 9 rings (SSSR count). The van der Waals surface area contributed by atoms with E-state index >= 15 is 0 Å². The molecule has 0 saturated carbocycles. The number of fused-ring (bicyclic) bond motifs is 3. The Bertz CT molecular complexity index is 2110. The molecule has 0 spiro atoms. The Labute approximate surface area is 304 Å². The summed E-state index contributed by atoms with van der Waals surface area (Å²) in [6.07, 6.45) is 40.1. The summed E-state index contributed by atoms with van der Waals surface area (Å²) in [5, 5.41) is 0. The van der Waals surface area contributed by atoms with Crippen LogP contribution in [0.15, 0.2) is 174 Å². The van der Waals surface area contributed by atoms with Crippen molar-refractivity contribution in [2.45, 2.75) is 76.5 Å². The highest BCUT2D eigenvalue weighted by molar-refractivity contribution is 5.85. The molecule has 1 heterocycles. The van der Waals surface area contributed by atoms with Gasteiger partial charge in [-0.1, -0.05) is 103 Å². The number of nitrogens with zero attached hydrogens (tertiary/aromatic N) is 2. The van der Waals surface area contributed by atoms with Gasteiger partial charge in [-0.2, -0.15) is 0 Å². The van der Waals surface area contributed by atoms with Gasteiger partial charge in [-0.25, -0.2) is 0 Å². The number of para-hydroxylation sites is 1. The van der Waals surface area contributed by atoms with E-state index in [-0.39, 0.29) is 5.41 Å². The van der Waals surface area contributed by atoms with E-state index in [2.05, 4.69) is 162 Å². The zero-order valence-corrected chi connectivity index (χ0v) is 29.9. The third kappa shape index (κ3) is 5.95. The molecule has 5 aliphatic carbocycles. The Balaban J connectivity index is 1.06. The molecule has 0 fully saturated rings. The van der Waals surface area contributed by atoms with Crippen LogP contribution < -0.4 is 9.80 Å². The lowest BCUT2D eigenvalue weighted by Gasteiger charge is -2.33. The summed E-state index contributed by atoms with van der Waals surface area (Å²) in [6, 6.07) is 27.3. The average molecular weight is 665 g/mol. The van der Waals surface area contributed by atoms with Gasteiger partial charge in [0.2, 0.25) is 0 Å². The van der Waals surface area contributed by atoms with E-state index in [9.17, 15) is 0 Å². The van der Waals surface area contributed by atoms with Crippen LogP contribution in [0.5, 0.6) is 0 Å². The Kier molecular flexibility index (Phi) is 8.48. The number of allylic oxidation sites excluding steroid dienone is 18. The minimum atomic E-state index is -0.0445. The maximum atomic E-state index is 2.59. The molecule has 0 amide bonds. The first-order valence-electron chi connectivity index (χ1n) is 19.3. The molecule has 2 unspecified atom stereocenters. The van der Waals surface area contributed by atoms with Gasteiger partial charge in [-0.15, -0.1) is 0 Å². The van der Waals surface area contributed by atoms with Crippen molar-refractivity contribution in [2.24, 2.45) is 5.92 Å². The SMILES string of the molecule is CC12CC=CC=C1N(C1=CC=C(C3=CC=CCC3)CC1)c1cc(N(c3ccccc3)c3ccc(C4=CCC(C5=CCCCC5)C=C4)cc3)ccc12. The van der Waals surface area contributed by atoms with Crippen molar-refractivity contribution in [3.8, 4) is 0 Å². The zero-order chi connectivity index (χ0) is 34.2. The second-order valence-corrected chi connectivity index (χ2v) is 15.2. The van der Waals surface area contributed by atoms with Gasteiger partial charge in [-0.05, 0) is 148 Å². The van der Waals surface area contributed by atoms with Gasteiger partial charge in [0, 0.05) is 39.8 Å². The molecule has 51 heavy (non-hydrogen) atoms. The normalized spacial score (nSPS) is 23.7. The molecule has 2 heteroatoms. The van der Waals surface area contributed by atoms with E-state index in [1.807, 2.05) is 0 Å². The predicted molar refractivity (Wildman–Crippen MR) is 216 cm³/mol. The average Bonchev–Trinajstić information content (AvgIpc) is 3.47. The van der Waals surface area contributed by atoms with Crippen molar-refractivity contribution in [2.75, 3.05) is 9.80 Å². The molecule has 3 aromatic carbocycles. The smallest absolute Gasteiger partial charge is 0.0518 e. The van der Waals surface area contributed by atoms with Gasteiger partial charge in [0.05, 0.1) is 5.69 Å². The maximum Gasteiger partial charge on any atom is 0.0518 e. The fourth-order valence-corrected chi connectivity index (χ4v) is 9.16. The van der Waals surface area contributed by atoms with Crippen LogP contribution in [0.25, 0.3) is 5.57 Å². The van der Waals surface area contributed by atoms with E-state index in [0.717, 1.165) is 38.5 Å². The van der Waals surface area contributed by atoms with Crippen molar-refractivity contribution in [1.29, 1.82) is 0 Å². The van der Waals surface area contributed by atoms with Crippen molar-refractivity contribution in [3.63, 3.8) is 0 Å². The van der Waals surface area contributed by atoms with Crippen LogP contribution in [0.4, 0.5) is 22.7 Å². The minimum Gasteiger partial charge on any atom is -0.317 e. The van der Waals surface area contributed by atoms with Crippen molar-refractivity contribution in [1.82, 2.24) is 0 Å². The molecule has 0 saturated heterocycles. The van der Waals surface area contributed by atoms with Crippen LogP contribution in [0, 0.1) is 5.92 Å². The summed E-state index contributed by atoms with van der Waals surface area (Å²) in [4.78, 5) is 5.02. The highest BCUT2D eigenvalue weighted by Crippen LogP contribution is 2.55. The Morgan fingerprint density at radius 3 is 2.27 bits per heavy atom. The lowest BCUT2D eigenvalue weighted by atomic mass is 9.76. The van der Waals surface area contributed by atoms with Gasteiger partial charge in [0.25, 0.3) is 0 Å². The number of hydrogen-bond acceptors (Lipinski definition) is 2. The lowest BCUT2D eigenvalue weighted by molar-refractivity contribution is 0.572. The summed E-state index contributed by atoms with van der Waals surface area (Å²) in [5.74, 6) is 0.577. The van der Waals surface area contributed by atoms with E-state index in [4.69, 9.17) is 0 Å². The lowest BCUT2D eigenvalue weighted by Crippen LogP contribution is -2.29. The third-order valence-corrected chi connectivity index (χ3v) is 12.0. The number of anilines is 4. The molecule has 6 aliphatic rings. The first kappa shape index (κ1) is 31.9. The molecule has 1 aliphatic heterocycles. The molecule has 254 valence electrons. The van der Waals surface area contributed by atoms with Gasteiger partial charge >= 0.3 is 0 Å². The molecule has 2 nitrogen and oxygen atoms in total. The predicted octanol–water partition coefficient (Wildman–Crippen LogP) is 13.4. The van der Waals surface area contributed by atoms with Crippen molar-refractivity contribution in [3.05, 3.63) is 185 Å². The van der Waals surface area contributed by atoms with E-state index in [0.29, 0.717) is 5.92 Å². The Hall–Kier alpha value is -5.08. The van der Waals surface area contributed by atoms with Crippen LogP contribution in [-0.4, -0.2) is 0 Å². The monoisotopic (exact) mass is 664 g/mol. The zero-order valence-electron chi connectivity index (χ0n) is 29.9. The summed E-state index contributed by atoms with van der Waals surface area (Å²) in [7, 11) is 0. The molecule has 0 radical (unpaired) electrons. The highest BCUT2D eigenvalue weighted by atomic mass is 15.2. The van der Waals surface area contributed by atoms with Gasteiger partial charge in [0.1, 0.15) is 0 Å². The highest BCUT2D eigenvalue weighted by Gasteiger charge is 2.45. The van der Waals surface area contributed by atoms with E-state index in [1.54, 1.807) is 5.57 Å². The number of rotatable bonds is 7. The minimum absolute atomic E-state index is 0.0445. The van der Waals surface area contributed by atoms with Crippen LogP contribution in [-0.2, 0) is 5.41 Å². The summed E-state index contributed by atoms with van der Waals surface area (Å²) < 4.78 is 0. The molecular weight excluding hydrogens is 617 g/mol. The first-order chi connectivity index (χ1) is 25.2. The first-order valence-corrected chi connectivity index (χ1v) is 19.3. The Morgan fingerprint density at radius 2 is 1.53 bits per heavy atom. The van der Waals surface area contributed by atoms with Crippen LogP contribution in [0.2, 0.25) is 0 Å². The number of benzene rings is 3. The van der Waals surface area contributed by atoms with Crippen LogP contribution >= 0.6 is 0 Å². The molecule has 3 aromatic rings. The number of hydrogen-bond donors (Lipinski definition) is 0. The van der Waals surface area contributed by atoms with E-state index < -0.39 is 0 Å². The van der Waals surface area contributed by atoms with E-state index in [1.165, 1.54) is 87.7 Å². The fraction of sp³-hybridized carbons (Fsp3) is 0.265. The van der Waals surface area contributed by atoms with Gasteiger partial charge in [-0.3, -0.25) is 0 Å². The van der Waals surface area contributed by atoms with Crippen molar-refractivity contribution < 1.29 is 0 Å². The second kappa shape index (κ2) is 13.6.